The molecule has 1 amide bonds. The number of carbonyl (C=O) groups excluding carboxylic acids is 2. The van der Waals surface area contributed by atoms with Crippen LogP contribution in [0.2, 0.25) is 0 Å². The van der Waals surface area contributed by atoms with E-state index in [0.717, 1.165) is 6.42 Å². The fourth-order valence-electron chi connectivity index (χ4n) is 1.81. The maximum Gasteiger partial charge on any atom is 0.343 e. The molecular formula is C19H21NO3. The van der Waals surface area contributed by atoms with Crippen molar-refractivity contribution >= 4 is 17.6 Å². The molecule has 0 fully saturated rings. The third-order valence-electron chi connectivity index (χ3n) is 3.83. The summed E-state index contributed by atoms with van der Waals surface area (Å²) in [6.45, 7) is 5.78. The Bertz CT molecular complexity index is 676. The summed E-state index contributed by atoms with van der Waals surface area (Å²) in [7, 11) is 0. The minimum Gasteiger partial charge on any atom is -0.423 e. The van der Waals surface area contributed by atoms with Gasteiger partial charge in [0.1, 0.15) is 5.75 Å². The number of amides is 1. The first-order valence-electron chi connectivity index (χ1n) is 7.61. The molecule has 1 N–H and O–H groups in total. The van der Waals surface area contributed by atoms with Gasteiger partial charge in [0.2, 0.25) is 5.91 Å². The Morgan fingerprint density at radius 2 is 1.61 bits per heavy atom. The molecule has 0 atom stereocenters. The van der Waals surface area contributed by atoms with Crippen molar-refractivity contribution < 1.29 is 14.3 Å². The Balaban J connectivity index is 2.00. The van der Waals surface area contributed by atoms with E-state index in [0.29, 0.717) is 17.0 Å². The maximum atomic E-state index is 12.1. The van der Waals surface area contributed by atoms with Crippen molar-refractivity contribution in [1.29, 1.82) is 0 Å². The monoisotopic (exact) mass is 311 g/mol. The predicted molar refractivity (Wildman–Crippen MR) is 90.5 cm³/mol. The number of ether oxygens (including phenoxy) is 1. The molecule has 0 aromatic heterocycles. The number of esters is 1. The van der Waals surface area contributed by atoms with E-state index in [9.17, 15) is 9.59 Å². The molecule has 120 valence electrons. The molecule has 0 unspecified atom stereocenters. The van der Waals surface area contributed by atoms with Crippen LogP contribution >= 0.6 is 0 Å². The molecule has 23 heavy (non-hydrogen) atoms. The van der Waals surface area contributed by atoms with Gasteiger partial charge in [-0.1, -0.05) is 39.0 Å². The van der Waals surface area contributed by atoms with Crippen molar-refractivity contribution in [2.45, 2.75) is 27.2 Å². The zero-order valence-electron chi connectivity index (χ0n) is 13.6. The summed E-state index contributed by atoms with van der Waals surface area (Å²) in [5, 5.41) is 2.87. The zero-order valence-corrected chi connectivity index (χ0v) is 13.6. The molecule has 2 rings (SSSR count). The van der Waals surface area contributed by atoms with Crippen LogP contribution in [0.15, 0.2) is 54.6 Å². The average molecular weight is 311 g/mol. The number of hydrogen-bond donors (Lipinski definition) is 1. The van der Waals surface area contributed by atoms with E-state index < -0.39 is 11.4 Å². The summed E-state index contributed by atoms with van der Waals surface area (Å²) in [6, 6.07) is 15.6. The van der Waals surface area contributed by atoms with E-state index in [-0.39, 0.29) is 5.91 Å². The van der Waals surface area contributed by atoms with Gasteiger partial charge < -0.3 is 10.1 Å². The Kier molecular flexibility index (Phi) is 5.16. The first-order valence-corrected chi connectivity index (χ1v) is 7.61. The van der Waals surface area contributed by atoms with E-state index in [2.05, 4.69) is 5.32 Å². The second-order valence-corrected chi connectivity index (χ2v) is 5.97. The van der Waals surface area contributed by atoms with Gasteiger partial charge >= 0.3 is 5.97 Å². The van der Waals surface area contributed by atoms with Gasteiger partial charge in [-0.05, 0) is 42.8 Å². The summed E-state index contributed by atoms with van der Waals surface area (Å²) in [4.78, 5) is 24.1. The molecule has 0 saturated carbocycles. The number of hydrogen-bond acceptors (Lipinski definition) is 3. The van der Waals surface area contributed by atoms with Crippen LogP contribution in [0.3, 0.4) is 0 Å². The van der Waals surface area contributed by atoms with Crippen molar-refractivity contribution in [3.05, 3.63) is 60.2 Å². The highest BCUT2D eigenvalue weighted by Gasteiger charge is 2.25. The van der Waals surface area contributed by atoms with Gasteiger partial charge in [-0.2, -0.15) is 0 Å². The van der Waals surface area contributed by atoms with E-state index in [1.54, 1.807) is 48.5 Å². The molecule has 0 radical (unpaired) electrons. The average Bonchev–Trinajstić information content (AvgIpc) is 2.57. The summed E-state index contributed by atoms with van der Waals surface area (Å²) < 4.78 is 5.30. The van der Waals surface area contributed by atoms with Crippen LogP contribution in [0.4, 0.5) is 5.69 Å². The van der Waals surface area contributed by atoms with Crippen LogP contribution in [-0.2, 0) is 4.79 Å². The van der Waals surface area contributed by atoms with E-state index in [1.807, 2.05) is 26.8 Å². The van der Waals surface area contributed by atoms with Gasteiger partial charge in [0, 0.05) is 11.1 Å². The quantitative estimate of drug-likeness (QED) is 0.662. The number of nitrogens with one attached hydrogen (secondary N) is 1. The lowest BCUT2D eigenvalue weighted by Crippen LogP contribution is -2.29. The second-order valence-electron chi connectivity index (χ2n) is 5.97. The van der Waals surface area contributed by atoms with Crippen molar-refractivity contribution in [1.82, 2.24) is 0 Å². The van der Waals surface area contributed by atoms with Crippen LogP contribution in [0, 0.1) is 5.41 Å². The minimum absolute atomic E-state index is 0.0333. The van der Waals surface area contributed by atoms with Crippen molar-refractivity contribution in [3.8, 4) is 5.75 Å². The molecule has 0 saturated heterocycles. The van der Waals surface area contributed by atoms with Gasteiger partial charge in [-0.3, -0.25) is 4.79 Å². The molecule has 4 nitrogen and oxygen atoms in total. The molecule has 0 heterocycles. The summed E-state index contributed by atoms with van der Waals surface area (Å²) in [5.74, 6) is -0.00450. The molecular weight excluding hydrogens is 290 g/mol. The first kappa shape index (κ1) is 16.7. The molecule has 2 aromatic carbocycles. The van der Waals surface area contributed by atoms with Gasteiger partial charge in [0.25, 0.3) is 0 Å². The lowest BCUT2D eigenvalue weighted by atomic mass is 9.89. The minimum atomic E-state index is -0.418. The lowest BCUT2D eigenvalue weighted by molar-refractivity contribution is -0.124. The third-order valence-corrected chi connectivity index (χ3v) is 3.83. The van der Waals surface area contributed by atoms with Gasteiger partial charge in [0.05, 0.1) is 5.56 Å². The molecule has 0 spiro atoms. The van der Waals surface area contributed by atoms with Crippen LogP contribution in [0.25, 0.3) is 0 Å². The normalized spacial score (nSPS) is 10.9. The van der Waals surface area contributed by atoms with Crippen LogP contribution in [0.1, 0.15) is 37.6 Å². The van der Waals surface area contributed by atoms with Gasteiger partial charge in [-0.25, -0.2) is 4.79 Å². The summed E-state index contributed by atoms with van der Waals surface area (Å²) >= 11 is 0. The van der Waals surface area contributed by atoms with E-state index in [1.165, 1.54) is 0 Å². The number of benzene rings is 2. The fraction of sp³-hybridized carbons (Fsp3) is 0.263. The molecule has 0 aliphatic rings. The maximum absolute atomic E-state index is 12.1. The second kappa shape index (κ2) is 7.09. The highest BCUT2D eigenvalue weighted by Crippen LogP contribution is 2.23. The SMILES string of the molecule is CCC(C)(C)C(=O)Nc1ccc(OC(=O)c2ccccc2)cc1. The topological polar surface area (TPSA) is 55.4 Å². The Morgan fingerprint density at radius 1 is 1.00 bits per heavy atom. The predicted octanol–water partition coefficient (Wildman–Crippen LogP) is 4.28. The van der Waals surface area contributed by atoms with Crippen molar-refractivity contribution in [3.63, 3.8) is 0 Å². The number of rotatable bonds is 5. The standard InChI is InChI=1S/C19H21NO3/c1-4-19(2,3)18(22)20-15-10-12-16(13-11-15)23-17(21)14-8-6-5-7-9-14/h5-13H,4H2,1-3H3,(H,20,22). The molecule has 0 bridgehead atoms. The molecule has 0 aliphatic carbocycles. The van der Waals surface area contributed by atoms with Crippen LogP contribution < -0.4 is 10.1 Å². The molecule has 4 heteroatoms. The first-order chi connectivity index (χ1) is 10.9. The third kappa shape index (κ3) is 4.42. The summed E-state index contributed by atoms with van der Waals surface area (Å²) in [5.41, 5.74) is 0.754. The van der Waals surface area contributed by atoms with Crippen molar-refractivity contribution in [2.24, 2.45) is 5.41 Å². The Morgan fingerprint density at radius 3 is 2.17 bits per heavy atom. The van der Waals surface area contributed by atoms with Crippen LogP contribution in [0.5, 0.6) is 5.75 Å². The van der Waals surface area contributed by atoms with Gasteiger partial charge in [-0.15, -0.1) is 0 Å². The van der Waals surface area contributed by atoms with E-state index >= 15 is 0 Å². The Labute approximate surface area is 136 Å². The fourth-order valence-corrected chi connectivity index (χ4v) is 1.81. The largest absolute Gasteiger partial charge is 0.423 e. The zero-order chi connectivity index (χ0) is 16.9. The lowest BCUT2D eigenvalue weighted by Gasteiger charge is -2.21. The Hall–Kier alpha value is -2.62. The smallest absolute Gasteiger partial charge is 0.343 e. The van der Waals surface area contributed by atoms with Crippen LogP contribution in [-0.4, -0.2) is 11.9 Å². The molecule has 0 aliphatic heterocycles. The highest BCUT2D eigenvalue weighted by atomic mass is 16.5. The van der Waals surface area contributed by atoms with Crippen molar-refractivity contribution in [2.75, 3.05) is 5.32 Å². The highest BCUT2D eigenvalue weighted by molar-refractivity contribution is 5.95. The molecule has 2 aromatic rings. The summed E-state index contributed by atoms with van der Waals surface area (Å²) in [6.07, 6.45) is 0.756. The number of carbonyl (C=O) groups is 2. The van der Waals surface area contributed by atoms with E-state index in [4.69, 9.17) is 4.74 Å². The van der Waals surface area contributed by atoms with Gasteiger partial charge in [0.15, 0.2) is 0 Å². The number of anilines is 1.